The number of nitrogens with one attached hydrogen (secondary N) is 1. The Balaban J connectivity index is 1.69. The normalized spacial score (nSPS) is 10.5. The van der Waals surface area contributed by atoms with Crippen LogP contribution in [0.4, 0.5) is 5.69 Å². The van der Waals surface area contributed by atoms with Crippen molar-refractivity contribution in [2.75, 3.05) is 19.5 Å². The quantitative estimate of drug-likeness (QED) is 0.670. The molecule has 128 valence electrons. The minimum Gasteiger partial charge on any atom is -0.497 e. The molecule has 1 N–H and O–H groups in total. The van der Waals surface area contributed by atoms with Gasteiger partial charge >= 0.3 is 0 Å². The van der Waals surface area contributed by atoms with Gasteiger partial charge in [0, 0.05) is 19.3 Å². The summed E-state index contributed by atoms with van der Waals surface area (Å²) in [5.41, 5.74) is 3.46. The molecule has 0 heterocycles. The molecule has 3 aromatic carbocycles. The number of methoxy groups -OCH3 is 1. The highest BCUT2D eigenvalue weighted by Gasteiger charge is 2.07. The van der Waals surface area contributed by atoms with Crippen molar-refractivity contribution in [3.8, 4) is 5.75 Å². The monoisotopic (exact) mass is 350 g/mol. The number of thiocarbonyl (C=S) groups is 1. The highest BCUT2D eigenvalue weighted by Crippen LogP contribution is 2.22. The van der Waals surface area contributed by atoms with Crippen LogP contribution in [0.1, 0.15) is 11.1 Å². The number of ether oxygens (including phenoxy) is 1. The van der Waals surface area contributed by atoms with E-state index < -0.39 is 0 Å². The molecule has 3 rings (SSSR count). The van der Waals surface area contributed by atoms with Gasteiger partial charge in [0.25, 0.3) is 0 Å². The molecule has 0 saturated carbocycles. The average molecular weight is 350 g/mol. The third kappa shape index (κ3) is 4.28. The van der Waals surface area contributed by atoms with E-state index in [9.17, 15) is 0 Å². The maximum absolute atomic E-state index is 5.52. The minimum absolute atomic E-state index is 0.707. The fourth-order valence-electron chi connectivity index (χ4n) is 2.70. The predicted molar refractivity (Wildman–Crippen MR) is 109 cm³/mol. The van der Waals surface area contributed by atoms with Gasteiger partial charge in [0.2, 0.25) is 0 Å². The van der Waals surface area contributed by atoms with Crippen LogP contribution >= 0.6 is 12.2 Å². The van der Waals surface area contributed by atoms with Crippen molar-refractivity contribution >= 4 is 33.8 Å². The molecule has 0 bridgehead atoms. The first-order chi connectivity index (χ1) is 12.0. The van der Waals surface area contributed by atoms with Crippen molar-refractivity contribution in [2.24, 2.45) is 0 Å². The molecule has 0 spiro atoms. The van der Waals surface area contributed by atoms with Crippen LogP contribution in [0.3, 0.4) is 0 Å². The Kier molecular flexibility index (Phi) is 5.19. The number of nitrogens with zero attached hydrogens (tertiary/aromatic N) is 1. The summed E-state index contributed by atoms with van der Waals surface area (Å²) in [5, 5.41) is 6.36. The fourth-order valence-corrected chi connectivity index (χ4v) is 2.88. The first-order valence-electron chi connectivity index (χ1n) is 8.20. The van der Waals surface area contributed by atoms with Crippen molar-refractivity contribution < 1.29 is 4.74 Å². The van der Waals surface area contributed by atoms with Crippen LogP contribution in [-0.2, 0) is 6.54 Å². The van der Waals surface area contributed by atoms with Crippen LogP contribution in [0.15, 0.2) is 60.7 Å². The molecule has 4 heteroatoms. The van der Waals surface area contributed by atoms with E-state index in [1.54, 1.807) is 7.11 Å². The smallest absolute Gasteiger partial charge is 0.173 e. The Labute approximate surface area is 154 Å². The van der Waals surface area contributed by atoms with Crippen LogP contribution in [0.5, 0.6) is 5.75 Å². The third-order valence-corrected chi connectivity index (χ3v) is 4.59. The summed E-state index contributed by atoms with van der Waals surface area (Å²) in [6, 6.07) is 20.8. The van der Waals surface area contributed by atoms with Crippen molar-refractivity contribution in [1.29, 1.82) is 0 Å². The second kappa shape index (κ2) is 7.53. The van der Waals surface area contributed by atoms with Gasteiger partial charge < -0.3 is 15.0 Å². The van der Waals surface area contributed by atoms with Crippen molar-refractivity contribution in [2.45, 2.75) is 13.5 Å². The molecule has 25 heavy (non-hydrogen) atoms. The maximum atomic E-state index is 5.52. The second-order valence-electron chi connectivity index (χ2n) is 6.20. The van der Waals surface area contributed by atoms with E-state index in [-0.39, 0.29) is 0 Å². The molecular weight excluding hydrogens is 328 g/mol. The van der Waals surface area contributed by atoms with Gasteiger partial charge in [0.1, 0.15) is 5.75 Å². The summed E-state index contributed by atoms with van der Waals surface area (Å²) in [4.78, 5) is 2.04. The molecule has 0 radical (unpaired) electrons. The number of fused-ring (bicyclic) bond motifs is 1. The van der Waals surface area contributed by atoms with Gasteiger partial charge in [-0.1, -0.05) is 35.9 Å². The molecular formula is C21H22N2OS. The molecule has 3 aromatic rings. The Morgan fingerprint density at radius 3 is 2.40 bits per heavy atom. The molecule has 0 aliphatic heterocycles. The van der Waals surface area contributed by atoms with Crippen molar-refractivity contribution in [3.63, 3.8) is 0 Å². The van der Waals surface area contributed by atoms with E-state index in [1.165, 1.54) is 21.9 Å². The van der Waals surface area contributed by atoms with Gasteiger partial charge in [-0.15, -0.1) is 0 Å². The zero-order chi connectivity index (χ0) is 17.8. The van der Waals surface area contributed by atoms with E-state index in [1.807, 2.05) is 36.2 Å². The van der Waals surface area contributed by atoms with Gasteiger partial charge in [-0.2, -0.15) is 0 Å². The van der Waals surface area contributed by atoms with Gasteiger partial charge in [-0.25, -0.2) is 0 Å². The number of benzene rings is 3. The van der Waals surface area contributed by atoms with Crippen LogP contribution in [0.25, 0.3) is 10.8 Å². The van der Waals surface area contributed by atoms with E-state index in [0.717, 1.165) is 18.0 Å². The van der Waals surface area contributed by atoms with Gasteiger partial charge in [0.15, 0.2) is 5.11 Å². The highest BCUT2D eigenvalue weighted by molar-refractivity contribution is 7.80. The van der Waals surface area contributed by atoms with Crippen LogP contribution in [0, 0.1) is 6.92 Å². The molecule has 0 atom stereocenters. The topological polar surface area (TPSA) is 24.5 Å². The van der Waals surface area contributed by atoms with E-state index in [0.29, 0.717) is 5.11 Å². The Morgan fingerprint density at radius 1 is 1.00 bits per heavy atom. The molecule has 0 saturated heterocycles. The highest BCUT2D eigenvalue weighted by atomic mass is 32.1. The largest absolute Gasteiger partial charge is 0.497 e. The van der Waals surface area contributed by atoms with Crippen LogP contribution < -0.4 is 10.1 Å². The average Bonchev–Trinajstić information content (AvgIpc) is 2.63. The summed E-state index contributed by atoms with van der Waals surface area (Å²) in [7, 11) is 3.69. The van der Waals surface area contributed by atoms with Crippen LogP contribution in [-0.4, -0.2) is 24.2 Å². The van der Waals surface area contributed by atoms with Gasteiger partial charge in [0.05, 0.1) is 7.11 Å². The summed E-state index contributed by atoms with van der Waals surface area (Å²) in [5.74, 6) is 0.876. The van der Waals surface area contributed by atoms with Crippen LogP contribution in [0.2, 0.25) is 0 Å². The number of hydrogen-bond donors (Lipinski definition) is 1. The maximum Gasteiger partial charge on any atom is 0.173 e. The Bertz CT molecular complexity index is 890. The van der Waals surface area contributed by atoms with Crippen molar-refractivity contribution in [3.05, 3.63) is 71.8 Å². The predicted octanol–water partition coefficient (Wildman–Crippen LogP) is 4.99. The van der Waals surface area contributed by atoms with E-state index >= 15 is 0 Å². The molecule has 0 amide bonds. The molecule has 0 unspecified atom stereocenters. The lowest BCUT2D eigenvalue weighted by molar-refractivity contribution is 0.415. The molecule has 0 aromatic heterocycles. The Hall–Kier alpha value is -2.59. The van der Waals surface area contributed by atoms with E-state index in [2.05, 4.69) is 48.6 Å². The first-order valence-corrected chi connectivity index (χ1v) is 8.61. The summed E-state index contributed by atoms with van der Waals surface area (Å²) in [6.45, 7) is 2.82. The zero-order valence-electron chi connectivity index (χ0n) is 14.7. The lowest BCUT2D eigenvalue weighted by Gasteiger charge is -2.21. The minimum atomic E-state index is 0.707. The molecule has 0 aliphatic rings. The lowest BCUT2D eigenvalue weighted by Crippen LogP contribution is -2.30. The summed E-state index contributed by atoms with van der Waals surface area (Å²) < 4.78 is 5.28. The fraction of sp³-hybridized carbons (Fsp3) is 0.190. The van der Waals surface area contributed by atoms with Crippen molar-refractivity contribution in [1.82, 2.24) is 4.90 Å². The number of aryl methyl sites for hydroxylation is 1. The summed E-state index contributed by atoms with van der Waals surface area (Å²) >= 11 is 5.52. The SMILES string of the molecule is COc1ccc2cc(CN(C)C(=S)Nc3ccc(C)cc3)ccc2c1. The number of anilines is 1. The standard InChI is InChI=1S/C21H22N2OS/c1-15-4-9-19(10-5-15)22-21(25)23(2)14-16-6-7-18-13-20(24-3)11-8-17(18)12-16/h4-13H,14H2,1-3H3,(H,22,25). The second-order valence-corrected chi connectivity index (χ2v) is 6.59. The lowest BCUT2D eigenvalue weighted by atomic mass is 10.1. The third-order valence-electron chi connectivity index (χ3n) is 4.18. The zero-order valence-corrected chi connectivity index (χ0v) is 15.6. The first kappa shape index (κ1) is 17.2. The van der Waals surface area contributed by atoms with Gasteiger partial charge in [-0.3, -0.25) is 0 Å². The molecule has 0 fully saturated rings. The summed E-state index contributed by atoms with van der Waals surface area (Å²) in [6.07, 6.45) is 0. The number of rotatable bonds is 4. The number of hydrogen-bond acceptors (Lipinski definition) is 2. The molecule has 0 aliphatic carbocycles. The van der Waals surface area contributed by atoms with E-state index in [4.69, 9.17) is 17.0 Å². The van der Waals surface area contributed by atoms with Gasteiger partial charge in [-0.05, 0) is 65.8 Å². The Morgan fingerprint density at radius 2 is 1.68 bits per heavy atom. The molecule has 3 nitrogen and oxygen atoms in total.